The van der Waals surface area contributed by atoms with E-state index < -0.39 is 39.9 Å². The van der Waals surface area contributed by atoms with Crippen molar-refractivity contribution in [3.63, 3.8) is 0 Å². The number of hydrogen-bond acceptors (Lipinski definition) is 8. The molecule has 0 atom stereocenters. The fourth-order valence-corrected chi connectivity index (χ4v) is 5.34. The van der Waals surface area contributed by atoms with Crippen molar-refractivity contribution in [2.24, 2.45) is 0 Å². The molecule has 0 saturated carbocycles. The van der Waals surface area contributed by atoms with Crippen LogP contribution in [-0.2, 0) is 9.84 Å². The Morgan fingerprint density at radius 1 is 1.17 bits per heavy atom. The number of aryl methyl sites for hydroxylation is 1. The number of nitrogens with zero attached hydrogens (tertiary/aromatic N) is 4. The molecule has 0 unspecified atom stereocenters. The van der Waals surface area contributed by atoms with Gasteiger partial charge in [-0.2, -0.15) is 13.2 Å². The summed E-state index contributed by atoms with van der Waals surface area (Å²) in [7, 11) is -3.09. The van der Waals surface area contributed by atoms with E-state index in [2.05, 4.69) is 25.0 Å². The largest absolute Gasteiger partial charge is 0.464 e. The Morgan fingerprint density at radius 2 is 1.83 bits per heavy atom. The minimum atomic E-state index is -4.55. The van der Waals surface area contributed by atoms with Gasteiger partial charge in [-0.1, -0.05) is 0 Å². The van der Waals surface area contributed by atoms with Gasteiger partial charge in [0, 0.05) is 17.9 Å². The lowest BCUT2D eigenvalue weighted by Crippen LogP contribution is -2.51. The van der Waals surface area contributed by atoms with Gasteiger partial charge in [-0.05, 0) is 38.8 Å². The van der Waals surface area contributed by atoms with Crippen molar-refractivity contribution >= 4 is 21.4 Å². The number of carbonyl (C=O) groups excluding carboxylic acids is 1. The van der Waals surface area contributed by atoms with E-state index in [1.165, 1.54) is 24.7 Å². The van der Waals surface area contributed by atoms with Gasteiger partial charge < -0.3 is 14.8 Å². The molecule has 4 heterocycles. The number of amides is 1. The van der Waals surface area contributed by atoms with Crippen molar-refractivity contribution in [2.75, 3.05) is 18.1 Å². The zero-order chi connectivity index (χ0) is 25.4. The molecule has 0 aromatic carbocycles. The number of rotatable bonds is 6. The standard InChI is InChI=1S/C21H22F3N5O5S/c1-13-16(17(30)28-20(2)5-9-35(31,32)10-6-20)27-15-4-3-14(11-29(13)15)34-19-18(25-7-8-26-19)33-12-21(22,23)24/h3-4,7-8,11H,5-6,9-10,12H2,1-2H3,(H,28,30). The van der Waals surface area contributed by atoms with E-state index in [9.17, 15) is 26.4 Å². The third kappa shape index (κ3) is 5.81. The quantitative estimate of drug-likeness (QED) is 0.534. The van der Waals surface area contributed by atoms with Crippen LogP contribution in [0.5, 0.6) is 17.5 Å². The molecule has 188 valence electrons. The van der Waals surface area contributed by atoms with Crippen LogP contribution in [0.15, 0.2) is 30.7 Å². The van der Waals surface area contributed by atoms with Gasteiger partial charge in [0.2, 0.25) is 0 Å². The van der Waals surface area contributed by atoms with Crippen molar-refractivity contribution in [3.05, 3.63) is 42.1 Å². The molecule has 35 heavy (non-hydrogen) atoms. The number of alkyl halides is 3. The van der Waals surface area contributed by atoms with Crippen molar-refractivity contribution in [1.82, 2.24) is 24.7 Å². The fraction of sp³-hybridized carbons (Fsp3) is 0.429. The summed E-state index contributed by atoms with van der Waals surface area (Å²) in [6, 6.07) is 3.08. The summed E-state index contributed by atoms with van der Waals surface area (Å²) in [6.07, 6.45) is -0.0109. The fourth-order valence-electron chi connectivity index (χ4n) is 3.61. The number of pyridine rings is 1. The number of sulfone groups is 1. The van der Waals surface area contributed by atoms with Gasteiger partial charge in [0.05, 0.1) is 23.4 Å². The molecule has 0 aliphatic carbocycles. The monoisotopic (exact) mass is 513 g/mol. The Hall–Kier alpha value is -3.42. The maximum Gasteiger partial charge on any atom is 0.422 e. The molecule has 0 spiro atoms. The Morgan fingerprint density at radius 3 is 2.49 bits per heavy atom. The molecule has 3 aromatic heterocycles. The Bertz CT molecular complexity index is 1360. The highest BCUT2D eigenvalue weighted by Gasteiger charge is 2.35. The summed E-state index contributed by atoms with van der Waals surface area (Å²) in [5.41, 5.74) is 0.412. The van der Waals surface area contributed by atoms with Crippen molar-refractivity contribution < 1.29 is 35.9 Å². The highest BCUT2D eigenvalue weighted by atomic mass is 32.2. The number of fused-ring (bicyclic) bond motifs is 1. The maximum absolute atomic E-state index is 12.9. The molecule has 10 nitrogen and oxygen atoms in total. The average Bonchev–Trinajstić information content (AvgIpc) is 3.11. The number of hydrogen-bond donors (Lipinski definition) is 1. The van der Waals surface area contributed by atoms with Crippen LogP contribution >= 0.6 is 0 Å². The Kier molecular flexibility index (Phi) is 6.34. The number of ether oxygens (including phenoxy) is 2. The van der Waals surface area contributed by atoms with Crippen LogP contribution in [0, 0.1) is 6.92 Å². The lowest BCUT2D eigenvalue weighted by atomic mass is 9.94. The normalized spacial score (nSPS) is 17.2. The lowest BCUT2D eigenvalue weighted by Gasteiger charge is -2.34. The highest BCUT2D eigenvalue weighted by molar-refractivity contribution is 7.91. The molecular formula is C21H22F3N5O5S. The molecule has 1 saturated heterocycles. The first kappa shape index (κ1) is 24.7. The molecule has 0 bridgehead atoms. The molecule has 1 amide bonds. The van der Waals surface area contributed by atoms with Crippen LogP contribution in [0.2, 0.25) is 0 Å². The summed E-state index contributed by atoms with van der Waals surface area (Å²) in [6.45, 7) is 1.92. The van der Waals surface area contributed by atoms with Crippen molar-refractivity contribution in [2.45, 2.75) is 38.4 Å². The number of carbonyl (C=O) groups is 1. The first-order valence-electron chi connectivity index (χ1n) is 10.5. The van der Waals surface area contributed by atoms with Gasteiger partial charge in [0.1, 0.15) is 26.9 Å². The first-order chi connectivity index (χ1) is 16.3. The molecule has 4 rings (SSSR count). The number of nitrogens with one attached hydrogen (secondary N) is 1. The van der Waals surface area contributed by atoms with Crippen LogP contribution in [0.4, 0.5) is 13.2 Å². The third-order valence-electron chi connectivity index (χ3n) is 5.61. The third-order valence-corrected chi connectivity index (χ3v) is 7.26. The smallest absolute Gasteiger partial charge is 0.422 e. The van der Waals surface area contributed by atoms with E-state index in [0.29, 0.717) is 24.2 Å². The molecule has 1 aliphatic heterocycles. The van der Waals surface area contributed by atoms with E-state index in [1.807, 2.05) is 0 Å². The van der Waals surface area contributed by atoms with E-state index in [1.54, 1.807) is 24.3 Å². The predicted molar refractivity (Wildman–Crippen MR) is 117 cm³/mol. The summed E-state index contributed by atoms with van der Waals surface area (Å²) < 4.78 is 72.8. The van der Waals surface area contributed by atoms with Gasteiger partial charge in [-0.3, -0.25) is 9.20 Å². The zero-order valence-electron chi connectivity index (χ0n) is 18.8. The van der Waals surface area contributed by atoms with Crippen molar-refractivity contribution in [1.29, 1.82) is 0 Å². The molecule has 14 heteroatoms. The van der Waals surface area contributed by atoms with Crippen LogP contribution in [0.1, 0.15) is 35.9 Å². The van der Waals surface area contributed by atoms with E-state index in [-0.39, 0.29) is 28.8 Å². The molecule has 0 radical (unpaired) electrons. The molecular weight excluding hydrogens is 491 g/mol. The second-order valence-electron chi connectivity index (χ2n) is 8.48. The van der Waals surface area contributed by atoms with E-state index in [4.69, 9.17) is 4.74 Å². The van der Waals surface area contributed by atoms with Crippen LogP contribution in [0.3, 0.4) is 0 Å². The van der Waals surface area contributed by atoms with Crippen molar-refractivity contribution in [3.8, 4) is 17.5 Å². The minimum absolute atomic E-state index is 0.00563. The van der Waals surface area contributed by atoms with Crippen LogP contribution in [-0.4, -0.2) is 63.5 Å². The minimum Gasteiger partial charge on any atom is -0.464 e. The number of aromatic nitrogens is 4. The van der Waals surface area contributed by atoms with Crippen LogP contribution in [0.25, 0.3) is 5.65 Å². The Balaban J connectivity index is 1.54. The Labute approximate surface area is 198 Å². The van der Waals surface area contributed by atoms with Gasteiger partial charge in [-0.15, -0.1) is 0 Å². The highest BCUT2D eigenvalue weighted by Crippen LogP contribution is 2.29. The topological polar surface area (TPSA) is 125 Å². The second-order valence-corrected chi connectivity index (χ2v) is 10.8. The first-order valence-corrected chi connectivity index (χ1v) is 12.4. The zero-order valence-corrected chi connectivity index (χ0v) is 19.6. The van der Waals surface area contributed by atoms with Gasteiger partial charge in [0.15, 0.2) is 6.61 Å². The van der Waals surface area contributed by atoms with Gasteiger partial charge in [-0.25, -0.2) is 23.4 Å². The number of halogens is 3. The summed E-state index contributed by atoms with van der Waals surface area (Å²) in [5.74, 6) is -0.904. The summed E-state index contributed by atoms with van der Waals surface area (Å²) >= 11 is 0. The van der Waals surface area contributed by atoms with E-state index >= 15 is 0 Å². The predicted octanol–water partition coefficient (Wildman–Crippen LogP) is 2.86. The second kappa shape index (κ2) is 8.98. The lowest BCUT2D eigenvalue weighted by molar-refractivity contribution is -0.154. The number of imidazole rings is 1. The van der Waals surface area contributed by atoms with E-state index in [0.717, 1.165) is 0 Å². The molecule has 1 fully saturated rings. The molecule has 1 aliphatic rings. The van der Waals surface area contributed by atoms with Crippen LogP contribution < -0.4 is 14.8 Å². The van der Waals surface area contributed by atoms with Gasteiger partial charge >= 0.3 is 6.18 Å². The summed E-state index contributed by atoms with van der Waals surface area (Å²) in [5, 5.41) is 2.90. The van der Waals surface area contributed by atoms with Gasteiger partial charge in [0.25, 0.3) is 17.7 Å². The SMILES string of the molecule is Cc1c(C(=O)NC2(C)CCS(=O)(=O)CC2)nc2ccc(Oc3nccnc3OCC(F)(F)F)cn12. The summed E-state index contributed by atoms with van der Waals surface area (Å²) in [4.78, 5) is 24.9. The molecule has 3 aromatic rings. The molecule has 1 N–H and O–H groups in total. The average molecular weight is 513 g/mol. The maximum atomic E-state index is 12.9.